The molecule has 2 aromatic rings. The van der Waals surface area contributed by atoms with Crippen LogP contribution in [0.15, 0.2) is 36.9 Å². The van der Waals surface area contributed by atoms with E-state index in [4.69, 9.17) is 9.47 Å². The largest absolute Gasteiger partial charge is 0.454 e. The predicted octanol–water partition coefficient (Wildman–Crippen LogP) is 1.18. The molecule has 3 rings (SSSR count). The molecule has 102 valence electrons. The Kier molecular flexibility index (Phi) is 3.45. The number of benzene rings is 1. The fourth-order valence-corrected chi connectivity index (χ4v) is 1.92. The number of carbonyl (C=O) groups excluding carboxylic acids is 1. The van der Waals surface area contributed by atoms with E-state index in [9.17, 15) is 4.79 Å². The van der Waals surface area contributed by atoms with Gasteiger partial charge < -0.3 is 14.8 Å². The normalized spacial score (nSPS) is 12.2. The summed E-state index contributed by atoms with van der Waals surface area (Å²) in [6, 6.07) is 5.14. The average Bonchev–Trinajstić information content (AvgIpc) is 2.95. The van der Waals surface area contributed by atoms with Crippen LogP contribution in [-0.4, -0.2) is 29.2 Å². The molecule has 6 nitrogen and oxygen atoms in total. The lowest BCUT2D eigenvalue weighted by Gasteiger charge is -2.05. The van der Waals surface area contributed by atoms with Crippen molar-refractivity contribution < 1.29 is 14.3 Å². The third kappa shape index (κ3) is 2.69. The lowest BCUT2D eigenvalue weighted by Crippen LogP contribution is -2.25. The standard InChI is InChI=1S/C14H13N3O3/c18-14(17-4-3-10-6-15-8-16-7-10)11-1-2-12-13(5-11)20-9-19-12/h1-2,5-8H,3-4,9H2,(H,17,18). The summed E-state index contributed by atoms with van der Waals surface area (Å²) in [4.78, 5) is 19.8. The number of hydrogen-bond donors (Lipinski definition) is 1. The molecule has 20 heavy (non-hydrogen) atoms. The maximum Gasteiger partial charge on any atom is 0.251 e. The first-order chi connectivity index (χ1) is 9.83. The summed E-state index contributed by atoms with van der Waals surface area (Å²) in [6.07, 6.45) is 5.64. The van der Waals surface area contributed by atoms with Gasteiger partial charge in [0.1, 0.15) is 6.33 Å². The first-order valence-corrected chi connectivity index (χ1v) is 6.25. The Morgan fingerprint density at radius 2 is 2.00 bits per heavy atom. The molecule has 1 N–H and O–H groups in total. The van der Waals surface area contributed by atoms with Gasteiger partial charge in [-0.2, -0.15) is 0 Å². The van der Waals surface area contributed by atoms with Crippen LogP contribution in [0.2, 0.25) is 0 Å². The summed E-state index contributed by atoms with van der Waals surface area (Å²) in [6.45, 7) is 0.731. The minimum absolute atomic E-state index is 0.139. The number of nitrogens with zero attached hydrogens (tertiary/aromatic N) is 2. The number of amides is 1. The van der Waals surface area contributed by atoms with E-state index < -0.39 is 0 Å². The van der Waals surface area contributed by atoms with Crippen molar-refractivity contribution in [1.82, 2.24) is 15.3 Å². The molecule has 6 heteroatoms. The Labute approximate surface area is 115 Å². The van der Waals surface area contributed by atoms with Crippen molar-refractivity contribution in [2.24, 2.45) is 0 Å². The van der Waals surface area contributed by atoms with E-state index in [1.807, 2.05) is 0 Å². The minimum atomic E-state index is -0.139. The zero-order chi connectivity index (χ0) is 13.8. The monoisotopic (exact) mass is 271 g/mol. The third-order valence-corrected chi connectivity index (χ3v) is 2.95. The van der Waals surface area contributed by atoms with Crippen molar-refractivity contribution in [2.45, 2.75) is 6.42 Å². The van der Waals surface area contributed by atoms with Crippen LogP contribution in [0, 0.1) is 0 Å². The molecule has 1 aromatic heterocycles. The molecule has 0 spiro atoms. The molecule has 0 atom stereocenters. The summed E-state index contributed by atoms with van der Waals surface area (Å²) in [5.74, 6) is 1.14. The molecule has 1 amide bonds. The minimum Gasteiger partial charge on any atom is -0.454 e. The van der Waals surface area contributed by atoms with Crippen molar-refractivity contribution >= 4 is 5.91 Å². The summed E-state index contributed by atoms with van der Waals surface area (Å²) in [5.41, 5.74) is 1.54. The van der Waals surface area contributed by atoms with Gasteiger partial charge in [-0.1, -0.05) is 0 Å². The van der Waals surface area contributed by atoms with Gasteiger partial charge in [0.05, 0.1) is 0 Å². The highest BCUT2D eigenvalue weighted by Crippen LogP contribution is 2.32. The molecular weight excluding hydrogens is 258 g/mol. The van der Waals surface area contributed by atoms with Gasteiger partial charge in [-0.25, -0.2) is 9.97 Å². The molecule has 1 aromatic carbocycles. The van der Waals surface area contributed by atoms with Crippen molar-refractivity contribution in [3.8, 4) is 11.5 Å². The van der Waals surface area contributed by atoms with Gasteiger partial charge in [-0.05, 0) is 30.2 Å². The second kappa shape index (κ2) is 5.56. The summed E-state index contributed by atoms with van der Waals surface area (Å²) in [5, 5.41) is 2.85. The Balaban J connectivity index is 1.57. The molecule has 0 bridgehead atoms. The quantitative estimate of drug-likeness (QED) is 0.903. The average molecular weight is 271 g/mol. The van der Waals surface area contributed by atoms with E-state index in [1.165, 1.54) is 6.33 Å². The number of carbonyl (C=O) groups is 1. The Bertz CT molecular complexity index is 616. The van der Waals surface area contributed by atoms with Crippen LogP contribution >= 0.6 is 0 Å². The maximum absolute atomic E-state index is 12.0. The number of fused-ring (bicyclic) bond motifs is 1. The van der Waals surface area contributed by atoms with Crippen molar-refractivity contribution in [1.29, 1.82) is 0 Å². The molecule has 0 unspecified atom stereocenters. The maximum atomic E-state index is 12.0. The van der Waals surface area contributed by atoms with Crippen LogP contribution < -0.4 is 14.8 Å². The van der Waals surface area contributed by atoms with E-state index in [0.29, 0.717) is 30.0 Å². The number of hydrogen-bond acceptors (Lipinski definition) is 5. The summed E-state index contributed by atoms with van der Waals surface area (Å²) < 4.78 is 10.4. The highest BCUT2D eigenvalue weighted by molar-refractivity contribution is 5.94. The van der Waals surface area contributed by atoms with Crippen molar-refractivity contribution in [3.63, 3.8) is 0 Å². The fraction of sp³-hybridized carbons (Fsp3) is 0.214. The number of nitrogens with one attached hydrogen (secondary N) is 1. The molecular formula is C14H13N3O3. The lowest BCUT2D eigenvalue weighted by molar-refractivity contribution is 0.0953. The van der Waals surface area contributed by atoms with Crippen LogP contribution in [0.4, 0.5) is 0 Å². The van der Waals surface area contributed by atoms with Gasteiger partial charge in [0.2, 0.25) is 6.79 Å². The Hall–Kier alpha value is -2.63. The molecule has 0 radical (unpaired) electrons. The summed E-state index contributed by atoms with van der Waals surface area (Å²) >= 11 is 0. The zero-order valence-electron chi connectivity index (χ0n) is 10.7. The summed E-state index contributed by atoms with van der Waals surface area (Å²) in [7, 11) is 0. The molecule has 1 aliphatic heterocycles. The van der Waals surface area contributed by atoms with E-state index in [0.717, 1.165) is 5.56 Å². The number of aromatic nitrogens is 2. The second-order valence-electron chi connectivity index (χ2n) is 4.32. The van der Waals surface area contributed by atoms with E-state index in [-0.39, 0.29) is 12.7 Å². The Morgan fingerprint density at radius 3 is 2.85 bits per heavy atom. The van der Waals surface area contributed by atoms with Crippen LogP contribution in [0.1, 0.15) is 15.9 Å². The number of rotatable bonds is 4. The van der Waals surface area contributed by atoms with Gasteiger partial charge in [0.15, 0.2) is 11.5 Å². The van der Waals surface area contributed by atoms with Gasteiger partial charge in [0, 0.05) is 24.5 Å². The fourth-order valence-electron chi connectivity index (χ4n) is 1.92. The van der Waals surface area contributed by atoms with E-state index >= 15 is 0 Å². The highest BCUT2D eigenvalue weighted by Gasteiger charge is 2.15. The highest BCUT2D eigenvalue weighted by atomic mass is 16.7. The van der Waals surface area contributed by atoms with E-state index in [1.54, 1.807) is 30.6 Å². The first kappa shape index (κ1) is 12.4. The van der Waals surface area contributed by atoms with Crippen molar-refractivity contribution in [3.05, 3.63) is 48.0 Å². The molecule has 0 fully saturated rings. The molecule has 0 saturated carbocycles. The van der Waals surface area contributed by atoms with Crippen LogP contribution in [0.25, 0.3) is 0 Å². The second-order valence-corrected chi connectivity index (χ2v) is 4.32. The van der Waals surface area contributed by atoms with Crippen LogP contribution in [0.3, 0.4) is 0 Å². The number of ether oxygens (including phenoxy) is 2. The van der Waals surface area contributed by atoms with Gasteiger partial charge >= 0.3 is 0 Å². The van der Waals surface area contributed by atoms with E-state index in [2.05, 4.69) is 15.3 Å². The SMILES string of the molecule is O=C(NCCc1cncnc1)c1ccc2c(c1)OCO2. The lowest BCUT2D eigenvalue weighted by atomic mass is 10.2. The zero-order valence-corrected chi connectivity index (χ0v) is 10.7. The molecule has 1 aliphatic rings. The molecule has 0 saturated heterocycles. The topological polar surface area (TPSA) is 73.3 Å². The molecule has 2 heterocycles. The Morgan fingerprint density at radius 1 is 1.20 bits per heavy atom. The predicted molar refractivity (Wildman–Crippen MR) is 70.6 cm³/mol. The third-order valence-electron chi connectivity index (χ3n) is 2.95. The smallest absolute Gasteiger partial charge is 0.251 e. The van der Waals surface area contributed by atoms with Gasteiger partial charge in [0.25, 0.3) is 5.91 Å². The van der Waals surface area contributed by atoms with Crippen LogP contribution in [0.5, 0.6) is 11.5 Å². The molecule has 0 aliphatic carbocycles. The van der Waals surface area contributed by atoms with Crippen molar-refractivity contribution in [2.75, 3.05) is 13.3 Å². The van der Waals surface area contributed by atoms with Crippen LogP contribution in [-0.2, 0) is 6.42 Å². The van der Waals surface area contributed by atoms with Gasteiger partial charge in [-0.3, -0.25) is 4.79 Å². The van der Waals surface area contributed by atoms with Gasteiger partial charge in [-0.15, -0.1) is 0 Å². The first-order valence-electron chi connectivity index (χ1n) is 6.25.